The summed E-state index contributed by atoms with van der Waals surface area (Å²) in [4.78, 5) is 15.5. The fourth-order valence-corrected chi connectivity index (χ4v) is 2.21. The van der Waals surface area contributed by atoms with Gasteiger partial charge in [0.2, 0.25) is 0 Å². The summed E-state index contributed by atoms with van der Waals surface area (Å²) in [6.45, 7) is 5.00. The van der Waals surface area contributed by atoms with E-state index in [-0.39, 0.29) is 5.97 Å². The van der Waals surface area contributed by atoms with Gasteiger partial charge in [-0.25, -0.2) is 4.98 Å². The molecular weight excluding hydrogens is 218 g/mol. The van der Waals surface area contributed by atoms with Gasteiger partial charge in [-0.15, -0.1) is 0 Å². The van der Waals surface area contributed by atoms with Crippen LogP contribution in [0.5, 0.6) is 0 Å². The van der Waals surface area contributed by atoms with E-state index in [9.17, 15) is 4.79 Å². The second-order valence-electron chi connectivity index (χ2n) is 4.26. The quantitative estimate of drug-likeness (QED) is 0.773. The fraction of sp³-hybridized carbons (Fsp3) is 0.667. The zero-order valence-corrected chi connectivity index (χ0v) is 10.2. The van der Waals surface area contributed by atoms with E-state index in [0.717, 1.165) is 19.5 Å². The summed E-state index contributed by atoms with van der Waals surface area (Å²) in [7, 11) is 0. The molecule has 1 aliphatic rings. The van der Waals surface area contributed by atoms with Crippen LogP contribution in [0.4, 0.5) is 0 Å². The highest BCUT2D eigenvalue weighted by molar-refractivity contribution is 5.69. The van der Waals surface area contributed by atoms with E-state index in [2.05, 4.69) is 14.9 Å². The minimum Gasteiger partial charge on any atom is -0.466 e. The van der Waals surface area contributed by atoms with Crippen LogP contribution in [-0.2, 0) is 16.1 Å². The molecule has 1 fully saturated rings. The predicted octanol–water partition coefficient (Wildman–Crippen LogP) is 0.913. The number of aromatic nitrogens is 2. The topological polar surface area (TPSA) is 56.2 Å². The van der Waals surface area contributed by atoms with Crippen LogP contribution in [0.3, 0.4) is 0 Å². The first kappa shape index (κ1) is 12.1. The van der Waals surface area contributed by atoms with Crippen LogP contribution in [0.2, 0.25) is 0 Å². The van der Waals surface area contributed by atoms with Crippen molar-refractivity contribution < 1.29 is 9.53 Å². The summed E-state index contributed by atoms with van der Waals surface area (Å²) in [5.74, 6) is 0.386. The van der Waals surface area contributed by atoms with Crippen LogP contribution in [0.25, 0.3) is 0 Å². The molecule has 2 rings (SSSR count). The van der Waals surface area contributed by atoms with Crippen molar-refractivity contribution >= 4 is 5.97 Å². The molecule has 0 spiro atoms. The van der Waals surface area contributed by atoms with Gasteiger partial charge >= 0.3 is 5.97 Å². The van der Waals surface area contributed by atoms with Crippen molar-refractivity contribution in [2.45, 2.75) is 32.2 Å². The molecule has 1 atom stereocenters. The average Bonchev–Trinajstić information content (AvgIpc) is 2.97. The Balaban J connectivity index is 1.92. The van der Waals surface area contributed by atoms with Crippen molar-refractivity contribution in [2.24, 2.45) is 0 Å². The van der Waals surface area contributed by atoms with E-state index < -0.39 is 0 Å². The van der Waals surface area contributed by atoms with Crippen molar-refractivity contribution in [3.8, 4) is 0 Å². The van der Waals surface area contributed by atoms with E-state index >= 15 is 0 Å². The Hall–Kier alpha value is -1.36. The number of nitrogens with zero attached hydrogens (tertiary/aromatic N) is 2. The highest BCUT2D eigenvalue weighted by Gasteiger charge is 2.20. The molecule has 0 amide bonds. The number of nitrogens with one attached hydrogen (secondary N) is 1. The zero-order valence-electron chi connectivity index (χ0n) is 10.2. The number of aryl methyl sites for hydroxylation is 1. The maximum Gasteiger partial charge on any atom is 0.307 e. The predicted molar refractivity (Wildman–Crippen MR) is 63.7 cm³/mol. The average molecular weight is 237 g/mol. The second-order valence-corrected chi connectivity index (χ2v) is 4.26. The summed E-state index contributed by atoms with van der Waals surface area (Å²) in [5.41, 5.74) is 1.22. The molecule has 0 radical (unpaired) electrons. The van der Waals surface area contributed by atoms with Crippen LogP contribution >= 0.6 is 0 Å². The number of hydrogen-bond donors (Lipinski definition) is 1. The Morgan fingerprint density at radius 1 is 1.71 bits per heavy atom. The molecule has 5 heteroatoms. The first-order chi connectivity index (χ1) is 8.31. The zero-order chi connectivity index (χ0) is 12.1. The minimum absolute atomic E-state index is 0.142. The fourth-order valence-electron chi connectivity index (χ4n) is 2.21. The van der Waals surface area contributed by atoms with Gasteiger partial charge in [-0.3, -0.25) is 4.79 Å². The number of esters is 1. The standard InChI is InChI=1S/C12H19N3O2/c1-2-17-12(16)4-6-15-9-14-8-11(15)10-3-5-13-7-10/h8-10,13H,2-7H2,1H3. The van der Waals surface area contributed by atoms with Crippen molar-refractivity contribution in [1.82, 2.24) is 14.9 Å². The number of ether oxygens (including phenoxy) is 1. The molecule has 0 aliphatic carbocycles. The lowest BCUT2D eigenvalue weighted by atomic mass is 10.1. The van der Waals surface area contributed by atoms with E-state index in [4.69, 9.17) is 4.74 Å². The smallest absolute Gasteiger partial charge is 0.307 e. The lowest BCUT2D eigenvalue weighted by Crippen LogP contribution is -2.14. The molecule has 1 aromatic rings. The maximum atomic E-state index is 11.3. The summed E-state index contributed by atoms with van der Waals surface area (Å²) in [5, 5.41) is 3.34. The van der Waals surface area contributed by atoms with Crippen LogP contribution in [-0.4, -0.2) is 35.2 Å². The molecule has 2 heterocycles. The number of rotatable bonds is 5. The number of carbonyl (C=O) groups is 1. The second kappa shape index (κ2) is 5.82. The van der Waals surface area contributed by atoms with Gasteiger partial charge in [0.25, 0.3) is 0 Å². The highest BCUT2D eigenvalue weighted by Crippen LogP contribution is 2.21. The third kappa shape index (κ3) is 3.06. The lowest BCUT2D eigenvalue weighted by molar-refractivity contribution is -0.143. The SMILES string of the molecule is CCOC(=O)CCn1cncc1C1CCNC1. The van der Waals surface area contributed by atoms with Crippen LogP contribution < -0.4 is 5.32 Å². The van der Waals surface area contributed by atoms with E-state index in [1.54, 1.807) is 6.33 Å². The molecule has 0 bridgehead atoms. The Kier molecular flexibility index (Phi) is 4.14. The molecule has 0 aromatic carbocycles. The summed E-state index contributed by atoms with van der Waals surface area (Å²) in [6, 6.07) is 0. The van der Waals surface area contributed by atoms with Gasteiger partial charge in [0.1, 0.15) is 0 Å². The highest BCUT2D eigenvalue weighted by atomic mass is 16.5. The van der Waals surface area contributed by atoms with Gasteiger partial charge in [-0.2, -0.15) is 0 Å². The van der Waals surface area contributed by atoms with Crippen molar-refractivity contribution in [2.75, 3.05) is 19.7 Å². The third-order valence-corrected chi connectivity index (χ3v) is 3.09. The maximum absolute atomic E-state index is 11.3. The summed E-state index contributed by atoms with van der Waals surface area (Å²) < 4.78 is 6.98. The summed E-state index contributed by atoms with van der Waals surface area (Å²) >= 11 is 0. The van der Waals surface area contributed by atoms with Gasteiger partial charge in [-0.1, -0.05) is 0 Å². The van der Waals surface area contributed by atoms with Crippen molar-refractivity contribution in [3.63, 3.8) is 0 Å². The van der Waals surface area contributed by atoms with Gasteiger partial charge < -0.3 is 14.6 Å². The first-order valence-electron chi connectivity index (χ1n) is 6.17. The molecule has 1 saturated heterocycles. The van der Waals surface area contributed by atoms with Crippen LogP contribution in [0, 0.1) is 0 Å². The van der Waals surface area contributed by atoms with E-state index in [1.807, 2.05) is 13.1 Å². The summed E-state index contributed by atoms with van der Waals surface area (Å²) in [6.07, 6.45) is 5.26. The largest absolute Gasteiger partial charge is 0.466 e. The molecule has 94 valence electrons. The van der Waals surface area contributed by atoms with Gasteiger partial charge in [0, 0.05) is 30.9 Å². The van der Waals surface area contributed by atoms with Crippen molar-refractivity contribution in [1.29, 1.82) is 0 Å². The van der Waals surface area contributed by atoms with E-state index in [0.29, 0.717) is 25.5 Å². The van der Waals surface area contributed by atoms with E-state index in [1.165, 1.54) is 5.69 Å². The number of carbonyl (C=O) groups excluding carboxylic acids is 1. The third-order valence-electron chi connectivity index (χ3n) is 3.09. The molecule has 1 aromatic heterocycles. The lowest BCUT2D eigenvalue weighted by Gasteiger charge is -2.12. The molecule has 17 heavy (non-hydrogen) atoms. The van der Waals surface area contributed by atoms with Crippen LogP contribution in [0.1, 0.15) is 31.4 Å². The number of imidazole rings is 1. The molecular formula is C12H19N3O2. The van der Waals surface area contributed by atoms with Gasteiger partial charge in [0.05, 0.1) is 19.4 Å². The molecule has 0 saturated carbocycles. The molecule has 1 aliphatic heterocycles. The van der Waals surface area contributed by atoms with Crippen LogP contribution in [0.15, 0.2) is 12.5 Å². The Morgan fingerprint density at radius 3 is 3.29 bits per heavy atom. The monoisotopic (exact) mass is 237 g/mol. The molecule has 1 N–H and O–H groups in total. The normalized spacial score (nSPS) is 19.5. The molecule has 5 nitrogen and oxygen atoms in total. The van der Waals surface area contributed by atoms with Crippen molar-refractivity contribution in [3.05, 3.63) is 18.2 Å². The van der Waals surface area contributed by atoms with Gasteiger partial charge in [-0.05, 0) is 19.9 Å². The van der Waals surface area contributed by atoms with Gasteiger partial charge in [0.15, 0.2) is 0 Å². The Labute approximate surface area is 101 Å². The first-order valence-corrected chi connectivity index (χ1v) is 6.17. The Bertz CT molecular complexity index is 370. The minimum atomic E-state index is -0.142. The Morgan fingerprint density at radius 2 is 2.59 bits per heavy atom. The number of hydrogen-bond acceptors (Lipinski definition) is 4. The molecule has 1 unspecified atom stereocenters.